The van der Waals surface area contributed by atoms with Crippen molar-refractivity contribution < 1.29 is 0 Å². The number of nitrogens with zero attached hydrogens (tertiary/aromatic N) is 2. The normalized spacial score (nSPS) is 9.75. The van der Waals surface area contributed by atoms with E-state index in [1.165, 1.54) is 0 Å². The minimum absolute atomic E-state index is 0. The van der Waals surface area contributed by atoms with Crippen molar-refractivity contribution in [2.24, 2.45) is 0 Å². The second-order valence-electron chi connectivity index (χ2n) is 2.14. The summed E-state index contributed by atoms with van der Waals surface area (Å²) in [5.41, 5.74) is 7.09. The third kappa shape index (κ3) is 1.34. The zero-order valence-electron chi connectivity index (χ0n) is 5.91. The fourth-order valence-electron chi connectivity index (χ4n) is 0.933. The van der Waals surface area contributed by atoms with Gasteiger partial charge in [-0.1, -0.05) is 0 Å². The van der Waals surface area contributed by atoms with Crippen molar-refractivity contribution in [3.8, 4) is 0 Å². The lowest BCUT2D eigenvalue weighted by Crippen LogP contribution is -1.87. The summed E-state index contributed by atoms with van der Waals surface area (Å²) >= 11 is 2.14. The summed E-state index contributed by atoms with van der Waals surface area (Å²) in [4.78, 5) is 4.04. The number of pyridine rings is 1. The summed E-state index contributed by atoms with van der Waals surface area (Å²) in [7, 11) is 0. The van der Waals surface area contributed by atoms with Gasteiger partial charge in [-0.25, -0.2) is 4.98 Å². The van der Waals surface area contributed by atoms with Gasteiger partial charge in [0, 0.05) is 11.9 Å². The number of hydrogen-bond donors (Lipinski definition) is 2. The number of nitrogen functional groups attached to an aromatic ring is 1. The fourth-order valence-corrected chi connectivity index (χ4v) is 1.61. The molecule has 0 aliphatic carbocycles. The van der Waals surface area contributed by atoms with Crippen LogP contribution in [0.15, 0.2) is 12.3 Å². The molecule has 0 fully saturated rings. The molecule has 0 atom stereocenters. The molecule has 0 amide bonds. The lowest BCUT2D eigenvalue weighted by atomic mass is 10.3. The summed E-state index contributed by atoms with van der Waals surface area (Å²) < 4.78 is 0.934. The molecule has 6 heteroatoms. The molecule has 2 aromatic heterocycles. The number of anilines is 1. The monoisotopic (exact) mass is 296 g/mol. The van der Waals surface area contributed by atoms with Crippen LogP contribution >= 0.6 is 35.0 Å². The molecule has 2 aromatic rings. The molecular formula is C6H6ClIN4. The smallest absolute Gasteiger partial charge is 0.184 e. The van der Waals surface area contributed by atoms with Crippen LogP contribution < -0.4 is 5.73 Å². The van der Waals surface area contributed by atoms with Crippen LogP contribution in [-0.4, -0.2) is 15.2 Å². The maximum atomic E-state index is 5.70. The van der Waals surface area contributed by atoms with E-state index in [0.29, 0.717) is 11.3 Å². The standard InChI is InChI=1S/C6H5IN4.ClH/c7-5-4-3(8)1-2-9-6(4)11-10-5;/h1-2H,(H3,8,9,10,11);1H. The average molecular weight is 296 g/mol. The highest BCUT2D eigenvalue weighted by Gasteiger charge is 2.05. The Morgan fingerprint density at radius 3 is 2.92 bits per heavy atom. The van der Waals surface area contributed by atoms with Gasteiger partial charge in [0.2, 0.25) is 0 Å². The summed E-state index contributed by atoms with van der Waals surface area (Å²) in [6, 6.07) is 1.76. The zero-order chi connectivity index (χ0) is 7.84. The second-order valence-corrected chi connectivity index (χ2v) is 3.22. The van der Waals surface area contributed by atoms with Gasteiger partial charge < -0.3 is 5.73 Å². The number of hydrogen-bond acceptors (Lipinski definition) is 3. The van der Waals surface area contributed by atoms with E-state index in [2.05, 4.69) is 37.8 Å². The number of nitrogens with one attached hydrogen (secondary N) is 1. The minimum Gasteiger partial charge on any atom is -0.398 e. The molecular weight excluding hydrogens is 290 g/mol. The van der Waals surface area contributed by atoms with E-state index in [9.17, 15) is 0 Å². The van der Waals surface area contributed by atoms with Crippen LogP contribution in [0.5, 0.6) is 0 Å². The van der Waals surface area contributed by atoms with E-state index in [1.54, 1.807) is 12.3 Å². The molecule has 0 aliphatic heterocycles. The van der Waals surface area contributed by atoms with Crippen molar-refractivity contribution in [3.63, 3.8) is 0 Å². The van der Waals surface area contributed by atoms with Gasteiger partial charge in [-0.2, -0.15) is 5.10 Å². The molecule has 2 rings (SSSR count). The summed E-state index contributed by atoms with van der Waals surface area (Å²) in [5.74, 6) is 0. The van der Waals surface area contributed by atoms with Gasteiger partial charge in [-0.15, -0.1) is 12.4 Å². The first-order valence-electron chi connectivity index (χ1n) is 3.03. The molecule has 0 saturated carbocycles. The van der Waals surface area contributed by atoms with E-state index in [0.717, 1.165) is 9.09 Å². The molecule has 0 spiro atoms. The van der Waals surface area contributed by atoms with E-state index in [1.807, 2.05) is 0 Å². The Bertz CT molecular complexity index is 399. The van der Waals surface area contributed by atoms with Gasteiger partial charge in [-0.05, 0) is 28.7 Å². The van der Waals surface area contributed by atoms with Crippen LogP contribution in [-0.2, 0) is 0 Å². The summed E-state index contributed by atoms with van der Waals surface area (Å²) in [6.07, 6.45) is 1.65. The van der Waals surface area contributed by atoms with E-state index >= 15 is 0 Å². The van der Waals surface area contributed by atoms with Gasteiger partial charge in [0.25, 0.3) is 0 Å². The Hall–Kier alpha value is -0.560. The molecule has 4 nitrogen and oxygen atoms in total. The number of fused-ring (bicyclic) bond motifs is 1. The molecule has 64 valence electrons. The molecule has 0 aliphatic rings. The topological polar surface area (TPSA) is 67.6 Å². The number of nitrogens with two attached hydrogens (primary N) is 1. The van der Waals surface area contributed by atoms with Gasteiger partial charge in [0.05, 0.1) is 5.39 Å². The molecule has 0 radical (unpaired) electrons. The SMILES string of the molecule is Cl.Nc1ccnc2n[nH]c(I)c12. The Kier molecular flexibility index (Phi) is 2.73. The van der Waals surface area contributed by atoms with Gasteiger partial charge in [-0.3, -0.25) is 5.10 Å². The Labute approximate surface area is 88.5 Å². The molecule has 0 unspecified atom stereocenters. The van der Waals surface area contributed by atoms with E-state index in [4.69, 9.17) is 5.73 Å². The highest BCUT2D eigenvalue weighted by atomic mass is 127. The Morgan fingerprint density at radius 1 is 1.50 bits per heavy atom. The van der Waals surface area contributed by atoms with Crippen molar-refractivity contribution in [2.75, 3.05) is 5.73 Å². The minimum atomic E-state index is 0. The largest absolute Gasteiger partial charge is 0.398 e. The zero-order valence-corrected chi connectivity index (χ0v) is 8.89. The number of H-pyrrole nitrogens is 1. The third-order valence-corrected chi connectivity index (χ3v) is 2.22. The van der Waals surface area contributed by atoms with Crippen molar-refractivity contribution in [2.45, 2.75) is 0 Å². The number of rotatable bonds is 0. The molecule has 0 bridgehead atoms. The van der Waals surface area contributed by atoms with Crippen LogP contribution in [0.2, 0.25) is 0 Å². The molecule has 3 N–H and O–H groups in total. The lowest BCUT2D eigenvalue weighted by Gasteiger charge is -1.92. The quantitative estimate of drug-likeness (QED) is 0.725. The Balaban J connectivity index is 0.000000720. The molecule has 0 aromatic carbocycles. The maximum absolute atomic E-state index is 5.70. The summed E-state index contributed by atoms with van der Waals surface area (Å²) in [6.45, 7) is 0. The average Bonchev–Trinajstić information content (AvgIpc) is 2.34. The van der Waals surface area contributed by atoms with Crippen LogP contribution in [0.1, 0.15) is 0 Å². The van der Waals surface area contributed by atoms with Crippen LogP contribution in [0.25, 0.3) is 11.0 Å². The fraction of sp³-hybridized carbons (Fsp3) is 0. The van der Waals surface area contributed by atoms with Crippen molar-refractivity contribution in [1.29, 1.82) is 0 Å². The molecule has 0 saturated heterocycles. The van der Waals surface area contributed by atoms with Crippen LogP contribution in [0.3, 0.4) is 0 Å². The number of aromatic amines is 1. The number of halogens is 2. The lowest BCUT2D eigenvalue weighted by molar-refractivity contribution is 1.08. The third-order valence-electron chi connectivity index (χ3n) is 1.44. The maximum Gasteiger partial charge on any atom is 0.184 e. The van der Waals surface area contributed by atoms with Gasteiger partial charge in [0.15, 0.2) is 5.65 Å². The van der Waals surface area contributed by atoms with E-state index in [-0.39, 0.29) is 12.4 Å². The first-order chi connectivity index (χ1) is 5.29. The Morgan fingerprint density at radius 2 is 2.25 bits per heavy atom. The van der Waals surface area contributed by atoms with Crippen molar-refractivity contribution in [1.82, 2.24) is 15.2 Å². The number of aromatic nitrogens is 3. The second kappa shape index (κ2) is 3.44. The predicted octanol–water partition coefficient (Wildman–Crippen LogP) is 1.57. The van der Waals surface area contributed by atoms with Gasteiger partial charge >= 0.3 is 0 Å². The highest BCUT2D eigenvalue weighted by Crippen LogP contribution is 2.21. The highest BCUT2D eigenvalue weighted by molar-refractivity contribution is 14.1. The van der Waals surface area contributed by atoms with Crippen LogP contribution in [0, 0.1) is 3.70 Å². The first kappa shape index (κ1) is 9.53. The predicted molar refractivity (Wildman–Crippen MR) is 58.3 cm³/mol. The molecule has 2 heterocycles. The van der Waals surface area contributed by atoms with Gasteiger partial charge in [0.1, 0.15) is 3.70 Å². The molecule has 12 heavy (non-hydrogen) atoms. The van der Waals surface area contributed by atoms with Crippen molar-refractivity contribution in [3.05, 3.63) is 16.0 Å². The van der Waals surface area contributed by atoms with E-state index < -0.39 is 0 Å². The summed E-state index contributed by atoms with van der Waals surface area (Å²) in [5, 5.41) is 7.68. The first-order valence-corrected chi connectivity index (χ1v) is 4.11. The van der Waals surface area contributed by atoms with Crippen LogP contribution in [0.4, 0.5) is 5.69 Å². The van der Waals surface area contributed by atoms with Crippen molar-refractivity contribution >= 4 is 51.7 Å².